The number of halogens is 1. The van der Waals surface area contributed by atoms with Crippen molar-refractivity contribution in [3.63, 3.8) is 0 Å². The Balaban J connectivity index is 2.97. The second-order valence-corrected chi connectivity index (χ2v) is 8.54. The second-order valence-electron chi connectivity index (χ2n) is 4.66. The van der Waals surface area contributed by atoms with Crippen molar-refractivity contribution in [3.05, 3.63) is 16.5 Å². The van der Waals surface area contributed by atoms with Crippen LogP contribution in [0, 0.1) is 5.92 Å². The van der Waals surface area contributed by atoms with Gasteiger partial charge in [0.25, 0.3) is 10.0 Å². The number of nitrogens with zero attached hydrogens (tertiary/aromatic N) is 2. The first-order chi connectivity index (χ1) is 9.27. The van der Waals surface area contributed by atoms with Crippen molar-refractivity contribution < 1.29 is 13.6 Å². The van der Waals surface area contributed by atoms with Crippen LogP contribution in [0.1, 0.15) is 20.3 Å². The quantitative estimate of drug-likeness (QED) is 0.344. The lowest BCUT2D eigenvalue weighted by atomic mass is 10.2. The largest absolute Gasteiger partial charge is 0.409 e. The summed E-state index contributed by atoms with van der Waals surface area (Å²) in [6.07, 6.45) is 0.168. The minimum absolute atomic E-state index is 0.00170. The summed E-state index contributed by atoms with van der Waals surface area (Å²) in [5, 5.41) is 11.4. The first-order valence-corrected chi connectivity index (χ1v) is 8.62. The molecule has 0 aliphatic heterocycles. The van der Waals surface area contributed by atoms with Gasteiger partial charge in [0.05, 0.1) is 4.34 Å². The highest BCUT2D eigenvalue weighted by molar-refractivity contribution is 7.91. The molecule has 0 atom stereocenters. The van der Waals surface area contributed by atoms with Gasteiger partial charge in [-0.25, -0.2) is 8.42 Å². The maximum Gasteiger partial charge on any atom is 0.252 e. The number of rotatable bonds is 7. The Morgan fingerprint density at radius 2 is 2.20 bits per heavy atom. The first kappa shape index (κ1) is 17.2. The molecule has 1 aromatic heterocycles. The smallest absolute Gasteiger partial charge is 0.252 e. The Morgan fingerprint density at radius 3 is 2.65 bits per heavy atom. The van der Waals surface area contributed by atoms with Crippen LogP contribution in [0.25, 0.3) is 0 Å². The maximum atomic E-state index is 12.5. The molecule has 1 rings (SSSR count). The predicted octanol–water partition coefficient (Wildman–Crippen LogP) is 2.18. The van der Waals surface area contributed by atoms with Crippen LogP contribution >= 0.6 is 22.9 Å². The third-order valence-corrected chi connectivity index (χ3v) is 6.02. The Bertz CT molecular complexity index is 569. The summed E-state index contributed by atoms with van der Waals surface area (Å²) in [6.45, 7) is 4.36. The third kappa shape index (κ3) is 4.62. The lowest BCUT2D eigenvalue weighted by Crippen LogP contribution is -2.36. The average Bonchev–Trinajstić information content (AvgIpc) is 2.80. The molecule has 0 radical (unpaired) electrons. The number of nitrogens with two attached hydrogens (primary N) is 1. The summed E-state index contributed by atoms with van der Waals surface area (Å²) >= 11 is 6.81. The van der Waals surface area contributed by atoms with E-state index in [1.807, 2.05) is 13.8 Å². The molecule has 3 N–H and O–H groups in total. The van der Waals surface area contributed by atoms with Crippen molar-refractivity contribution in [2.24, 2.45) is 16.8 Å². The van der Waals surface area contributed by atoms with Gasteiger partial charge < -0.3 is 10.9 Å². The summed E-state index contributed by atoms with van der Waals surface area (Å²) in [7, 11) is -3.60. The highest BCUT2D eigenvalue weighted by Crippen LogP contribution is 2.28. The van der Waals surface area contributed by atoms with E-state index in [1.54, 1.807) is 6.07 Å². The van der Waals surface area contributed by atoms with Crippen molar-refractivity contribution in [2.45, 2.75) is 24.5 Å². The van der Waals surface area contributed by atoms with Crippen molar-refractivity contribution >= 4 is 38.8 Å². The molecule has 0 saturated carbocycles. The van der Waals surface area contributed by atoms with E-state index in [0.717, 1.165) is 11.3 Å². The van der Waals surface area contributed by atoms with Gasteiger partial charge in [-0.3, -0.25) is 0 Å². The Hall–Kier alpha value is -0.830. The SMILES string of the molecule is CC(C)CN(CCC(N)=NO)S(=O)(=O)c1ccc(Cl)s1. The van der Waals surface area contributed by atoms with E-state index in [9.17, 15) is 8.42 Å². The van der Waals surface area contributed by atoms with Crippen LogP contribution in [0.5, 0.6) is 0 Å². The summed E-state index contributed by atoms with van der Waals surface area (Å²) in [4.78, 5) is 0. The number of hydrogen-bond donors (Lipinski definition) is 2. The summed E-state index contributed by atoms with van der Waals surface area (Å²) in [5.74, 6) is 0.158. The molecule has 20 heavy (non-hydrogen) atoms. The molecule has 0 aliphatic carbocycles. The van der Waals surface area contributed by atoms with E-state index >= 15 is 0 Å². The van der Waals surface area contributed by atoms with Gasteiger partial charge in [-0.05, 0) is 18.1 Å². The fourth-order valence-electron chi connectivity index (χ4n) is 1.57. The standard InChI is InChI=1S/C11H18ClN3O3S2/c1-8(2)7-15(6-5-10(13)14-16)20(17,18)11-4-3-9(12)19-11/h3-4,8,16H,5-7H2,1-2H3,(H2,13,14). The van der Waals surface area contributed by atoms with Crippen molar-refractivity contribution in [1.82, 2.24) is 4.31 Å². The third-order valence-electron chi connectivity index (χ3n) is 2.46. The number of amidine groups is 1. The monoisotopic (exact) mass is 339 g/mol. The zero-order valence-electron chi connectivity index (χ0n) is 11.3. The van der Waals surface area contributed by atoms with Gasteiger partial charge in [0, 0.05) is 19.5 Å². The van der Waals surface area contributed by atoms with Gasteiger partial charge in [0.2, 0.25) is 0 Å². The van der Waals surface area contributed by atoms with Crippen molar-refractivity contribution in [2.75, 3.05) is 13.1 Å². The van der Waals surface area contributed by atoms with Crippen LogP contribution in [-0.4, -0.2) is 36.9 Å². The summed E-state index contributed by atoms with van der Waals surface area (Å²) in [5.41, 5.74) is 5.40. The Morgan fingerprint density at radius 1 is 1.55 bits per heavy atom. The molecule has 6 nitrogen and oxygen atoms in total. The molecule has 1 heterocycles. The zero-order valence-corrected chi connectivity index (χ0v) is 13.7. The minimum atomic E-state index is -3.60. The fourth-order valence-corrected chi connectivity index (χ4v) is 4.81. The van der Waals surface area contributed by atoms with Crippen LogP contribution in [0.15, 0.2) is 21.5 Å². The second kappa shape index (κ2) is 7.26. The van der Waals surface area contributed by atoms with Gasteiger partial charge >= 0.3 is 0 Å². The first-order valence-electron chi connectivity index (χ1n) is 5.99. The number of oxime groups is 1. The zero-order chi connectivity index (χ0) is 15.3. The molecular formula is C11H18ClN3O3S2. The topological polar surface area (TPSA) is 96.0 Å². The molecule has 9 heteroatoms. The van der Waals surface area contributed by atoms with E-state index in [0.29, 0.717) is 10.9 Å². The van der Waals surface area contributed by atoms with Gasteiger partial charge in [-0.2, -0.15) is 4.31 Å². The molecule has 0 unspecified atom stereocenters. The minimum Gasteiger partial charge on any atom is -0.409 e. The van der Waals surface area contributed by atoms with Crippen LogP contribution in [0.4, 0.5) is 0 Å². The predicted molar refractivity (Wildman–Crippen MR) is 81.0 cm³/mol. The highest BCUT2D eigenvalue weighted by atomic mass is 35.5. The molecule has 114 valence electrons. The van der Waals surface area contributed by atoms with Gasteiger partial charge in [-0.1, -0.05) is 30.6 Å². The maximum absolute atomic E-state index is 12.5. The number of thiophene rings is 1. The lowest BCUT2D eigenvalue weighted by Gasteiger charge is -2.22. The summed E-state index contributed by atoms with van der Waals surface area (Å²) in [6, 6.07) is 3.04. The van der Waals surface area contributed by atoms with Crippen LogP contribution < -0.4 is 5.73 Å². The molecule has 0 aromatic carbocycles. The molecule has 0 aliphatic rings. The lowest BCUT2D eigenvalue weighted by molar-refractivity contribution is 0.314. The fraction of sp³-hybridized carbons (Fsp3) is 0.545. The van der Waals surface area contributed by atoms with Gasteiger partial charge in [-0.15, -0.1) is 11.3 Å². The molecule has 0 spiro atoms. The average molecular weight is 340 g/mol. The van der Waals surface area contributed by atoms with Crippen molar-refractivity contribution in [3.8, 4) is 0 Å². The van der Waals surface area contributed by atoms with Crippen LogP contribution in [0.3, 0.4) is 0 Å². The Labute approximate surface area is 127 Å². The molecule has 0 bridgehead atoms. The molecule has 0 fully saturated rings. The highest BCUT2D eigenvalue weighted by Gasteiger charge is 2.26. The van der Waals surface area contributed by atoms with Gasteiger partial charge in [0.15, 0.2) is 0 Å². The van der Waals surface area contributed by atoms with E-state index in [1.165, 1.54) is 10.4 Å². The summed E-state index contributed by atoms with van der Waals surface area (Å²) < 4.78 is 27.0. The molecule has 0 amide bonds. The van der Waals surface area contributed by atoms with E-state index in [2.05, 4.69) is 5.16 Å². The Kier molecular flexibility index (Phi) is 6.25. The number of hydrogen-bond acceptors (Lipinski definition) is 5. The van der Waals surface area contributed by atoms with Crippen LogP contribution in [0.2, 0.25) is 4.34 Å². The van der Waals surface area contributed by atoms with E-state index < -0.39 is 10.0 Å². The molecular weight excluding hydrogens is 322 g/mol. The molecule has 1 aromatic rings. The van der Waals surface area contributed by atoms with Gasteiger partial charge in [0.1, 0.15) is 10.0 Å². The normalized spacial score (nSPS) is 13.3. The van der Waals surface area contributed by atoms with Crippen molar-refractivity contribution in [1.29, 1.82) is 0 Å². The van der Waals surface area contributed by atoms with E-state index in [4.69, 9.17) is 22.5 Å². The van der Waals surface area contributed by atoms with E-state index in [-0.39, 0.29) is 28.9 Å². The number of sulfonamides is 1. The van der Waals surface area contributed by atoms with Crippen LogP contribution in [-0.2, 0) is 10.0 Å². The molecule has 0 saturated heterocycles.